The third kappa shape index (κ3) is 3.98. The van der Waals surface area contributed by atoms with Crippen molar-refractivity contribution in [3.8, 4) is 5.75 Å². The summed E-state index contributed by atoms with van der Waals surface area (Å²) in [5, 5.41) is 2.72. The summed E-state index contributed by atoms with van der Waals surface area (Å²) < 4.78 is 38.9. The summed E-state index contributed by atoms with van der Waals surface area (Å²) in [5.41, 5.74) is 0.972. The lowest BCUT2D eigenvalue weighted by molar-refractivity contribution is -0.127. The number of nitrogens with one attached hydrogen (secondary N) is 1. The van der Waals surface area contributed by atoms with E-state index in [2.05, 4.69) is 10.3 Å². The van der Waals surface area contributed by atoms with Gasteiger partial charge in [0.1, 0.15) is 11.8 Å². The molecular formula is C21H22F2N2O4. The molecule has 1 aliphatic rings. The molecule has 0 spiro atoms. The summed E-state index contributed by atoms with van der Waals surface area (Å²) in [6.45, 7) is 5.07. The predicted octanol–water partition coefficient (Wildman–Crippen LogP) is 3.72. The van der Waals surface area contributed by atoms with Crippen molar-refractivity contribution >= 4 is 17.4 Å². The summed E-state index contributed by atoms with van der Waals surface area (Å²) in [7, 11) is 1.25. The molecule has 0 saturated carbocycles. The van der Waals surface area contributed by atoms with Crippen LogP contribution in [0.5, 0.6) is 5.75 Å². The molecule has 3 rings (SSSR count). The highest BCUT2D eigenvalue weighted by Gasteiger charge is 2.46. The van der Waals surface area contributed by atoms with Gasteiger partial charge in [0, 0.05) is 30.3 Å². The van der Waals surface area contributed by atoms with E-state index in [1.165, 1.54) is 32.4 Å². The number of rotatable bonds is 5. The number of anilines is 1. The van der Waals surface area contributed by atoms with Gasteiger partial charge in [-0.2, -0.15) is 4.39 Å². The number of Topliss-reactive ketones (excluding diaryl/α,β-unsaturated/α-hetero) is 1. The van der Waals surface area contributed by atoms with E-state index in [1.807, 2.05) is 13.8 Å². The first-order valence-electron chi connectivity index (χ1n) is 9.19. The topological polar surface area (TPSA) is 77.5 Å². The number of pyridine rings is 1. The minimum Gasteiger partial charge on any atom is -0.493 e. The van der Waals surface area contributed by atoms with Gasteiger partial charge in [-0.3, -0.25) is 14.6 Å². The Morgan fingerprint density at radius 1 is 1.21 bits per heavy atom. The monoisotopic (exact) mass is 404 g/mol. The van der Waals surface area contributed by atoms with Crippen LogP contribution >= 0.6 is 0 Å². The van der Waals surface area contributed by atoms with Crippen molar-refractivity contribution in [3.05, 3.63) is 53.4 Å². The Morgan fingerprint density at radius 3 is 2.59 bits per heavy atom. The molecule has 0 aliphatic carbocycles. The van der Waals surface area contributed by atoms with Crippen molar-refractivity contribution in [1.82, 2.24) is 4.98 Å². The van der Waals surface area contributed by atoms with E-state index in [-0.39, 0.29) is 29.2 Å². The first-order chi connectivity index (χ1) is 13.7. The van der Waals surface area contributed by atoms with E-state index >= 15 is 0 Å². The van der Waals surface area contributed by atoms with E-state index < -0.39 is 29.6 Å². The molecule has 0 radical (unpaired) electrons. The van der Waals surface area contributed by atoms with E-state index in [9.17, 15) is 18.4 Å². The molecule has 0 unspecified atom stereocenters. The van der Waals surface area contributed by atoms with Crippen molar-refractivity contribution in [1.29, 1.82) is 0 Å². The van der Waals surface area contributed by atoms with Gasteiger partial charge < -0.3 is 14.8 Å². The second-order valence-electron chi connectivity index (χ2n) is 7.11. The fourth-order valence-electron chi connectivity index (χ4n) is 3.61. The Labute approximate surface area is 167 Å². The lowest BCUT2D eigenvalue weighted by atomic mass is 9.82. The van der Waals surface area contributed by atoms with E-state index in [0.717, 1.165) is 6.07 Å². The number of ketones is 1. The van der Waals surface area contributed by atoms with Gasteiger partial charge in [-0.25, -0.2) is 4.39 Å². The zero-order valence-corrected chi connectivity index (χ0v) is 16.5. The van der Waals surface area contributed by atoms with Crippen molar-refractivity contribution in [2.24, 2.45) is 5.92 Å². The number of amides is 1. The minimum absolute atomic E-state index is 0.158. The quantitative estimate of drug-likeness (QED) is 0.769. The Bertz CT molecular complexity index is 950. The number of carbonyl (C=O) groups is 2. The Hall–Kier alpha value is -2.87. The van der Waals surface area contributed by atoms with E-state index in [4.69, 9.17) is 9.47 Å². The number of carbonyl (C=O) groups excluding carboxylic acids is 2. The third-order valence-corrected chi connectivity index (χ3v) is 5.28. The number of halogens is 2. The average Bonchev–Trinajstić information content (AvgIpc) is 2.99. The molecule has 1 aliphatic heterocycles. The molecule has 1 saturated heterocycles. The van der Waals surface area contributed by atoms with Gasteiger partial charge in [0.15, 0.2) is 17.3 Å². The Balaban J connectivity index is 1.94. The van der Waals surface area contributed by atoms with Gasteiger partial charge in [0.05, 0.1) is 13.2 Å². The zero-order chi connectivity index (χ0) is 21.3. The van der Waals surface area contributed by atoms with E-state index in [1.54, 1.807) is 6.07 Å². The van der Waals surface area contributed by atoms with Crippen LogP contribution in [0.15, 0.2) is 30.5 Å². The molecule has 2 aromatic rings. The molecule has 8 heteroatoms. The van der Waals surface area contributed by atoms with Gasteiger partial charge in [0.25, 0.3) is 5.91 Å². The van der Waals surface area contributed by atoms with Crippen molar-refractivity contribution in [2.75, 3.05) is 12.4 Å². The Kier molecular flexibility index (Phi) is 5.93. The van der Waals surface area contributed by atoms with Crippen LogP contribution in [0.3, 0.4) is 0 Å². The van der Waals surface area contributed by atoms with Crippen LogP contribution in [0.2, 0.25) is 0 Å². The summed E-state index contributed by atoms with van der Waals surface area (Å²) in [5.74, 6) is -3.77. The van der Waals surface area contributed by atoms with Gasteiger partial charge in [-0.05, 0) is 31.0 Å². The van der Waals surface area contributed by atoms with Crippen molar-refractivity contribution < 1.29 is 27.8 Å². The molecule has 1 aromatic carbocycles. The van der Waals surface area contributed by atoms with Gasteiger partial charge >= 0.3 is 0 Å². The number of aromatic nitrogens is 1. The van der Waals surface area contributed by atoms with Gasteiger partial charge in [-0.15, -0.1) is 0 Å². The molecule has 2 heterocycles. The predicted molar refractivity (Wildman–Crippen MR) is 102 cm³/mol. The van der Waals surface area contributed by atoms with Crippen LogP contribution < -0.4 is 10.1 Å². The molecule has 0 bridgehead atoms. The van der Waals surface area contributed by atoms with Crippen molar-refractivity contribution in [3.63, 3.8) is 0 Å². The van der Waals surface area contributed by atoms with Crippen LogP contribution in [-0.2, 0) is 9.53 Å². The standard InChI is InChI=1S/C21H22F2N2O4/c1-10-12(3)29-20(17(10)14-5-6-15(22)18(23)19(14)28-4)21(27)25-13-7-8-24-16(9-13)11(2)26/h5-10,12,17,20H,1-4H3,(H,24,25,27)/t10-,12+,17-,20-/m0/s1. The van der Waals surface area contributed by atoms with Gasteiger partial charge in [-0.1, -0.05) is 13.0 Å². The van der Waals surface area contributed by atoms with Crippen molar-refractivity contribution in [2.45, 2.75) is 38.9 Å². The number of ether oxygens (including phenoxy) is 2. The fraction of sp³-hybridized carbons (Fsp3) is 0.381. The molecule has 4 atom stereocenters. The molecule has 154 valence electrons. The number of methoxy groups -OCH3 is 1. The number of hydrogen-bond acceptors (Lipinski definition) is 5. The molecule has 1 fully saturated rings. The molecule has 1 aromatic heterocycles. The lowest BCUT2D eigenvalue weighted by Gasteiger charge is -2.23. The first-order valence-corrected chi connectivity index (χ1v) is 9.19. The largest absolute Gasteiger partial charge is 0.493 e. The molecule has 6 nitrogen and oxygen atoms in total. The summed E-state index contributed by atoms with van der Waals surface area (Å²) in [6, 6.07) is 5.45. The highest BCUT2D eigenvalue weighted by Crippen LogP contribution is 2.44. The van der Waals surface area contributed by atoms with Gasteiger partial charge in [0.2, 0.25) is 5.82 Å². The van der Waals surface area contributed by atoms with Crippen LogP contribution in [0.25, 0.3) is 0 Å². The summed E-state index contributed by atoms with van der Waals surface area (Å²) in [4.78, 5) is 28.4. The molecule has 29 heavy (non-hydrogen) atoms. The fourth-order valence-corrected chi connectivity index (χ4v) is 3.61. The van der Waals surface area contributed by atoms with Crippen LogP contribution in [0.1, 0.15) is 42.7 Å². The van der Waals surface area contributed by atoms with E-state index in [0.29, 0.717) is 11.3 Å². The number of hydrogen-bond donors (Lipinski definition) is 1. The highest BCUT2D eigenvalue weighted by molar-refractivity contribution is 5.97. The maximum Gasteiger partial charge on any atom is 0.254 e. The summed E-state index contributed by atoms with van der Waals surface area (Å²) in [6.07, 6.45) is 0.176. The number of nitrogens with zero attached hydrogens (tertiary/aromatic N) is 1. The first kappa shape index (κ1) is 20.9. The Morgan fingerprint density at radius 2 is 1.93 bits per heavy atom. The average molecular weight is 404 g/mol. The zero-order valence-electron chi connectivity index (χ0n) is 16.5. The molecule has 1 amide bonds. The SMILES string of the molecule is COc1c([C@@H]2[C@@H](C)[C@@H](C)O[C@@H]2C(=O)Nc2ccnc(C(C)=O)c2)ccc(F)c1F. The minimum atomic E-state index is -1.10. The second kappa shape index (κ2) is 8.24. The second-order valence-corrected chi connectivity index (χ2v) is 7.11. The third-order valence-electron chi connectivity index (χ3n) is 5.28. The highest BCUT2D eigenvalue weighted by atomic mass is 19.2. The maximum absolute atomic E-state index is 14.3. The smallest absolute Gasteiger partial charge is 0.254 e. The summed E-state index contributed by atoms with van der Waals surface area (Å²) >= 11 is 0. The number of benzene rings is 1. The lowest BCUT2D eigenvalue weighted by Crippen LogP contribution is -2.33. The van der Waals surface area contributed by atoms with Crippen LogP contribution in [-0.4, -0.2) is 36.0 Å². The normalized spacial score (nSPS) is 23.7. The van der Waals surface area contributed by atoms with Crippen LogP contribution in [0, 0.1) is 17.6 Å². The van der Waals surface area contributed by atoms with Crippen LogP contribution in [0.4, 0.5) is 14.5 Å². The molecule has 1 N–H and O–H groups in total. The molecular weight excluding hydrogens is 382 g/mol. The maximum atomic E-state index is 14.3.